The van der Waals surface area contributed by atoms with Gasteiger partial charge in [0.2, 0.25) is 0 Å². The van der Waals surface area contributed by atoms with E-state index in [1.165, 1.54) is 12.1 Å². The zero-order valence-corrected chi connectivity index (χ0v) is 16.6. The van der Waals surface area contributed by atoms with E-state index in [1.807, 2.05) is 34.6 Å². The molecule has 25 heavy (non-hydrogen) atoms. The lowest BCUT2D eigenvalue weighted by Gasteiger charge is -2.19. The van der Waals surface area contributed by atoms with E-state index in [0.29, 0.717) is 30.6 Å². The number of nitrogens with one attached hydrogen (secondary N) is 2. The average molecular weight is 372 g/mol. The van der Waals surface area contributed by atoms with Crippen LogP contribution >= 0.6 is 0 Å². The summed E-state index contributed by atoms with van der Waals surface area (Å²) >= 11 is 0. The molecule has 1 rings (SSSR count). The lowest BCUT2D eigenvalue weighted by atomic mass is 10.3. The number of guanidine groups is 1. The predicted octanol–water partition coefficient (Wildman–Crippen LogP) is 2.70. The van der Waals surface area contributed by atoms with Crippen molar-refractivity contribution in [2.45, 2.75) is 45.5 Å². The van der Waals surface area contributed by atoms with Crippen LogP contribution in [0.3, 0.4) is 0 Å². The van der Waals surface area contributed by atoms with Gasteiger partial charge in [-0.15, -0.1) is 0 Å². The van der Waals surface area contributed by atoms with Gasteiger partial charge in [-0.2, -0.15) is 0 Å². The smallest absolute Gasteiger partial charge is 0.191 e. The number of aliphatic imine (C=N–C) groups is 1. The Hall–Kier alpha value is -1.63. The number of rotatable bonds is 8. The van der Waals surface area contributed by atoms with Crippen molar-refractivity contribution in [3.63, 3.8) is 0 Å². The van der Waals surface area contributed by atoms with Gasteiger partial charge in [0.25, 0.3) is 0 Å². The Morgan fingerprint density at radius 2 is 1.92 bits per heavy atom. The molecule has 0 saturated heterocycles. The zero-order valence-electron chi connectivity index (χ0n) is 15.8. The second-order valence-corrected chi connectivity index (χ2v) is 9.01. The predicted molar refractivity (Wildman–Crippen MR) is 103 cm³/mol. The Morgan fingerprint density at radius 1 is 1.28 bits per heavy atom. The molecule has 0 aliphatic heterocycles. The third-order valence-electron chi connectivity index (χ3n) is 3.26. The molecule has 7 heteroatoms. The van der Waals surface area contributed by atoms with E-state index in [1.54, 1.807) is 12.1 Å². The molecular weight excluding hydrogens is 341 g/mol. The first-order chi connectivity index (χ1) is 11.7. The summed E-state index contributed by atoms with van der Waals surface area (Å²) in [6.45, 7) is 11.6. The highest BCUT2D eigenvalue weighted by molar-refractivity contribution is 7.86. The Kier molecular flexibility index (Phi) is 8.89. The molecule has 2 N–H and O–H groups in total. The van der Waals surface area contributed by atoms with Gasteiger partial charge in [0.1, 0.15) is 17.7 Å². The van der Waals surface area contributed by atoms with E-state index in [4.69, 9.17) is 4.74 Å². The van der Waals surface area contributed by atoms with Crippen LogP contribution in [0.5, 0.6) is 5.75 Å². The highest BCUT2D eigenvalue weighted by atomic mass is 32.2. The summed E-state index contributed by atoms with van der Waals surface area (Å²) in [7, 11) is -0.900. The van der Waals surface area contributed by atoms with Gasteiger partial charge in [-0.3, -0.25) is 4.21 Å². The molecule has 0 aliphatic carbocycles. The minimum atomic E-state index is -0.900. The summed E-state index contributed by atoms with van der Waals surface area (Å²) in [5, 5.41) is 6.35. The maximum Gasteiger partial charge on any atom is 0.191 e. The molecule has 0 aromatic heterocycles. The summed E-state index contributed by atoms with van der Waals surface area (Å²) in [5.74, 6) is 1.56. The van der Waals surface area contributed by atoms with Crippen molar-refractivity contribution < 1.29 is 13.3 Å². The first-order valence-corrected chi connectivity index (χ1v) is 9.87. The van der Waals surface area contributed by atoms with Gasteiger partial charge in [0, 0.05) is 34.4 Å². The molecule has 142 valence electrons. The minimum absolute atomic E-state index is 0.148. The van der Waals surface area contributed by atoms with Gasteiger partial charge in [-0.05, 0) is 58.9 Å². The highest BCUT2D eigenvalue weighted by Crippen LogP contribution is 2.13. The summed E-state index contributed by atoms with van der Waals surface area (Å²) in [5.41, 5.74) is 0. The van der Waals surface area contributed by atoms with Crippen LogP contribution in [0.4, 0.5) is 4.39 Å². The fourth-order valence-corrected chi connectivity index (χ4v) is 2.81. The Bertz CT molecular complexity index is 571. The molecule has 0 radical (unpaired) electrons. The molecule has 2 unspecified atom stereocenters. The van der Waals surface area contributed by atoms with Crippen LogP contribution in [0.2, 0.25) is 0 Å². The molecule has 2 atom stereocenters. The van der Waals surface area contributed by atoms with Gasteiger partial charge in [-0.25, -0.2) is 9.38 Å². The fourth-order valence-electron chi connectivity index (χ4n) is 1.91. The average Bonchev–Trinajstić information content (AvgIpc) is 2.53. The second-order valence-electron chi connectivity index (χ2n) is 6.69. The van der Waals surface area contributed by atoms with Gasteiger partial charge in [-0.1, -0.05) is 0 Å². The molecular formula is C18H30FN3O2S. The molecule has 5 nitrogen and oxygen atoms in total. The van der Waals surface area contributed by atoms with Crippen molar-refractivity contribution in [3.8, 4) is 5.75 Å². The van der Waals surface area contributed by atoms with Gasteiger partial charge in [0.05, 0.1) is 6.54 Å². The third kappa shape index (κ3) is 8.86. The van der Waals surface area contributed by atoms with Crippen LogP contribution in [0.25, 0.3) is 0 Å². The van der Waals surface area contributed by atoms with Gasteiger partial charge in [0.15, 0.2) is 5.96 Å². The van der Waals surface area contributed by atoms with Gasteiger partial charge >= 0.3 is 0 Å². The molecule has 0 aliphatic rings. The normalized spacial score (nSPS) is 14.7. The maximum absolute atomic E-state index is 12.9. The Balaban J connectivity index is 2.48. The number of hydrogen-bond acceptors (Lipinski definition) is 3. The Labute approximate surface area is 152 Å². The first-order valence-electron chi connectivity index (χ1n) is 8.55. The van der Waals surface area contributed by atoms with E-state index >= 15 is 0 Å². The lowest BCUT2D eigenvalue weighted by molar-refractivity contribution is 0.230. The quantitative estimate of drug-likeness (QED) is 0.545. The van der Waals surface area contributed by atoms with Crippen molar-refractivity contribution in [1.29, 1.82) is 0 Å². The third-order valence-corrected chi connectivity index (χ3v) is 5.21. The number of benzene rings is 1. The molecule has 0 spiro atoms. The molecule has 0 amide bonds. The summed E-state index contributed by atoms with van der Waals surface area (Å²) in [4.78, 5) is 4.48. The van der Waals surface area contributed by atoms with Crippen LogP contribution in [0.1, 0.15) is 34.6 Å². The van der Waals surface area contributed by atoms with Crippen molar-refractivity contribution in [2.24, 2.45) is 4.99 Å². The van der Waals surface area contributed by atoms with Crippen LogP contribution in [-0.4, -0.2) is 46.4 Å². The monoisotopic (exact) mass is 371 g/mol. The molecule has 0 fully saturated rings. The first kappa shape index (κ1) is 21.4. The second kappa shape index (κ2) is 10.4. The number of hydrogen-bond donors (Lipinski definition) is 2. The maximum atomic E-state index is 12.9. The topological polar surface area (TPSA) is 62.7 Å². The standard InChI is InChI=1S/C18H30FN3O2S/c1-6-20-17(21-11-12-25(23)18(3,4)5)22-13-14(2)24-16-9-7-15(19)8-10-16/h7-10,14H,6,11-13H2,1-5H3,(H2,20,21,22). The van der Waals surface area contributed by atoms with Crippen LogP contribution in [0, 0.1) is 5.82 Å². The van der Waals surface area contributed by atoms with Crippen molar-refractivity contribution >= 4 is 16.8 Å². The minimum Gasteiger partial charge on any atom is -0.489 e. The summed E-state index contributed by atoms with van der Waals surface area (Å²) in [6, 6.07) is 5.93. The van der Waals surface area contributed by atoms with Crippen molar-refractivity contribution in [2.75, 3.05) is 25.4 Å². The zero-order chi connectivity index (χ0) is 18.9. The van der Waals surface area contributed by atoms with Crippen LogP contribution in [0.15, 0.2) is 29.3 Å². The van der Waals surface area contributed by atoms with E-state index in [2.05, 4.69) is 15.6 Å². The molecule has 0 saturated carbocycles. The summed E-state index contributed by atoms with van der Waals surface area (Å²) in [6.07, 6.45) is -0.148. The van der Waals surface area contributed by atoms with Crippen molar-refractivity contribution in [1.82, 2.24) is 10.6 Å². The van der Waals surface area contributed by atoms with Crippen LogP contribution < -0.4 is 15.4 Å². The summed E-state index contributed by atoms with van der Waals surface area (Å²) < 4.78 is 30.5. The number of ether oxygens (including phenoxy) is 1. The SMILES string of the molecule is CCNC(=NCC(C)Oc1ccc(F)cc1)NCCS(=O)C(C)(C)C. The Morgan fingerprint density at radius 3 is 2.48 bits per heavy atom. The molecule has 1 aromatic rings. The highest BCUT2D eigenvalue weighted by Gasteiger charge is 2.18. The number of halogens is 1. The fraction of sp³-hybridized carbons (Fsp3) is 0.611. The van der Waals surface area contributed by atoms with E-state index in [-0.39, 0.29) is 16.7 Å². The van der Waals surface area contributed by atoms with Crippen LogP contribution in [-0.2, 0) is 10.8 Å². The largest absolute Gasteiger partial charge is 0.489 e. The molecule has 0 heterocycles. The molecule has 0 bridgehead atoms. The van der Waals surface area contributed by atoms with Crippen molar-refractivity contribution in [3.05, 3.63) is 30.1 Å². The molecule has 1 aromatic carbocycles. The van der Waals surface area contributed by atoms with Gasteiger partial charge < -0.3 is 15.4 Å². The van der Waals surface area contributed by atoms with E-state index < -0.39 is 10.8 Å². The lowest BCUT2D eigenvalue weighted by Crippen LogP contribution is -2.41. The van der Waals surface area contributed by atoms with E-state index in [0.717, 1.165) is 6.54 Å². The number of nitrogens with zero attached hydrogens (tertiary/aromatic N) is 1. The van der Waals surface area contributed by atoms with E-state index in [9.17, 15) is 8.60 Å².